The van der Waals surface area contributed by atoms with Crippen LogP contribution >= 0.6 is 0 Å². The summed E-state index contributed by atoms with van der Waals surface area (Å²) in [7, 11) is 3.80. The summed E-state index contributed by atoms with van der Waals surface area (Å²) in [5.74, 6) is 1.69. The Balaban J connectivity index is 1.33. The molecule has 0 amide bonds. The van der Waals surface area contributed by atoms with Crippen LogP contribution in [0.4, 0.5) is 0 Å². The molecule has 1 aliphatic carbocycles. The van der Waals surface area contributed by atoms with Crippen LogP contribution in [0.25, 0.3) is 0 Å². The van der Waals surface area contributed by atoms with Gasteiger partial charge in [-0.05, 0) is 24.3 Å². The first-order chi connectivity index (χ1) is 12.7. The average Bonchev–Trinajstić information content (AvgIpc) is 3.25. The zero-order chi connectivity index (χ0) is 17.9. The summed E-state index contributed by atoms with van der Waals surface area (Å²) in [5, 5.41) is 7.92. The lowest BCUT2D eigenvalue weighted by molar-refractivity contribution is -0.00807. The van der Waals surface area contributed by atoms with Crippen LogP contribution in [-0.2, 0) is 18.2 Å². The lowest BCUT2D eigenvalue weighted by Gasteiger charge is -2.34. The van der Waals surface area contributed by atoms with E-state index < -0.39 is 0 Å². The number of aromatic nitrogens is 2. The number of hydrogen-bond acceptors (Lipinski definition) is 3. The van der Waals surface area contributed by atoms with Crippen molar-refractivity contribution in [3.63, 3.8) is 0 Å². The molecule has 2 aliphatic rings. The highest BCUT2D eigenvalue weighted by Crippen LogP contribution is 2.34. The van der Waals surface area contributed by atoms with Crippen molar-refractivity contribution < 1.29 is 4.74 Å². The number of guanidine groups is 1. The minimum atomic E-state index is 0.0512. The molecule has 3 unspecified atom stereocenters. The van der Waals surface area contributed by atoms with Crippen molar-refractivity contribution in [1.29, 1.82) is 0 Å². The molecule has 1 aromatic carbocycles. The Kier molecular flexibility index (Phi) is 4.93. The fraction of sp³-hybridized carbons (Fsp3) is 0.500. The number of nitrogens with zero attached hydrogens (tertiary/aromatic N) is 4. The Morgan fingerprint density at radius 3 is 2.92 bits per heavy atom. The van der Waals surface area contributed by atoms with Crippen molar-refractivity contribution >= 4 is 5.96 Å². The standard InChI is InChI=1S/C20H27N5O/c1-21-20(23-18-11-16(18)10-15-6-4-3-5-7-15)25-8-9-26-19(14-25)17-12-22-24(2)13-17/h3-7,12-13,16,18-19H,8-11,14H2,1-2H3,(H,21,23). The minimum absolute atomic E-state index is 0.0512. The third kappa shape index (κ3) is 3.90. The maximum Gasteiger partial charge on any atom is 0.194 e. The van der Waals surface area contributed by atoms with Crippen molar-refractivity contribution in [2.45, 2.75) is 25.0 Å². The van der Waals surface area contributed by atoms with Gasteiger partial charge in [0.05, 0.1) is 19.3 Å². The Morgan fingerprint density at radius 2 is 2.19 bits per heavy atom. The number of aryl methyl sites for hydroxylation is 1. The van der Waals surface area contributed by atoms with Gasteiger partial charge >= 0.3 is 0 Å². The van der Waals surface area contributed by atoms with Crippen LogP contribution in [0.2, 0.25) is 0 Å². The predicted molar refractivity (Wildman–Crippen MR) is 102 cm³/mol. The van der Waals surface area contributed by atoms with Crippen molar-refractivity contribution in [2.75, 3.05) is 26.7 Å². The molecular formula is C20H27N5O. The van der Waals surface area contributed by atoms with Gasteiger partial charge in [-0.15, -0.1) is 0 Å². The van der Waals surface area contributed by atoms with Crippen LogP contribution in [-0.4, -0.2) is 53.4 Å². The molecule has 0 radical (unpaired) electrons. The SMILES string of the molecule is CN=C(NC1CC1Cc1ccccc1)N1CCOC(c2cnn(C)c2)C1. The molecule has 1 N–H and O–H groups in total. The molecule has 0 bridgehead atoms. The van der Waals surface area contributed by atoms with Gasteiger partial charge in [-0.1, -0.05) is 30.3 Å². The molecule has 26 heavy (non-hydrogen) atoms. The van der Waals surface area contributed by atoms with Gasteiger partial charge < -0.3 is 15.0 Å². The maximum absolute atomic E-state index is 5.95. The summed E-state index contributed by atoms with van der Waals surface area (Å²) in [6.07, 6.45) is 6.32. The van der Waals surface area contributed by atoms with Crippen LogP contribution in [0.15, 0.2) is 47.7 Å². The molecular weight excluding hydrogens is 326 g/mol. The second-order valence-electron chi connectivity index (χ2n) is 7.24. The van der Waals surface area contributed by atoms with E-state index in [9.17, 15) is 0 Å². The van der Waals surface area contributed by atoms with Crippen molar-refractivity contribution in [3.8, 4) is 0 Å². The highest BCUT2D eigenvalue weighted by Gasteiger charge is 2.38. The third-order valence-electron chi connectivity index (χ3n) is 5.25. The van der Waals surface area contributed by atoms with Crippen LogP contribution in [0.5, 0.6) is 0 Å². The molecule has 6 nitrogen and oxygen atoms in total. The number of rotatable bonds is 4. The minimum Gasteiger partial charge on any atom is -0.370 e. The lowest BCUT2D eigenvalue weighted by atomic mass is 10.1. The summed E-state index contributed by atoms with van der Waals surface area (Å²) in [6.45, 7) is 2.38. The molecule has 2 heterocycles. The van der Waals surface area contributed by atoms with Gasteiger partial charge in [-0.2, -0.15) is 5.10 Å². The van der Waals surface area contributed by atoms with E-state index in [0.717, 1.165) is 31.0 Å². The van der Waals surface area contributed by atoms with Crippen molar-refractivity contribution in [3.05, 3.63) is 53.9 Å². The number of morpholine rings is 1. The zero-order valence-electron chi connectivity index (χ0n) is 15.5. The second kappa shape index (κ2) is 7.50. The zero-order valence-corrected chi connectivity index (χ0v) is 15.5. The quantitative estimate of drug-likeness (QED) is 0.675. The second-order valence-corrected chi connectivity index (χ2v) is 7.24. The number of benzene rings is 1. The molecule has 0 spiro atoms. The first-order valence-corrected chi connectivity index (χ1v) is 9.35. The molecule has 2 fully saturated rings. The molecule has 1 aliphatic heterocycles. The predicted octanol–water partition coefficient (Wildman–Crippen LogP) is 2.00. The van der Waals surface area contributed by atoms with E-state index in [4.69, 9.17) is 4.74 Å². The summed E-state index contributed by atoms with van der Waals surface area (Å²) < 4.78 is 7.77. The Bertz CT molecular complexity index is 757. The van der Waals surface area contributed by atoms with Gasteiger partial charge in [-0.25, -0.2) is 0 Å². The largest absolute Gasteiger partial charge is 0.370 e. The normalized spacial score (nSPS) is 26.0. The van der Waals surface area contributed by atoms with Crippen LogP contribution in [0.1, 0.15) is 23.7 Å². The van der Waals surface area contributed by atoms with E-state index in [-0.39, 0.29) is 6.10 Å². The van der Waals surface area contributed by atoms with Gasteiger partial charge in [-0.3, -0.25) is 9.67 Å². The highest BCUT2D eigenvalue weighted by atomic mass is 16.5. The van der Waals surface area contributed by atoms with Crippen LogP contribution in [0.3, 0.4) is 0 Å². The maximum atomic E-state index is 5.95. The molecule has 2 aromatic rings. The molecule has 1 aromatic heterocycles. The van der Waals surface area contributed by atoms with Crippen LogP contribution in [0, 0.1) is 5.92 Å². The fourth-order valence-corrected chi connectivity index (χ4v) is 3.68. The molecule has 3 atom stereocenters. The van der Waals surface area contributed by atoms with E-state index in [1.807, 2.05) is 31.2 Å². The molecule has 138 valence electrons. The van der Waals surface area contributed by atoms with Gasteiger partial charge in [0.2, 0.25) is 0 Å². The molecule has 1 saturated heterocycles. The van der Waals surface area contributed by atoms with Crippen LogP contribution < -0.4 is 5.32 Å². The van der Waals surface area contributed by atoms with E-state index in [1.165, 1.54) is 12.0 Å². The van der Waals surface area contributed by atoms with Crippen molar-refractivity contribution in [2.24, 2.45) is 18.0 Å². The monoisotopic (exact) mass is 353 g/mol. The summed E-state index contributed by atoms with van der Waals surface area (Å²) in [5.41, 5.74) is 2.54. The number of hydrogen-bond donors (Lipinski definition) is 1. The lowest BCUT2D eigenvalue weighted by Crippen LogP contribution is -2.49. The Hall–Kier alpha value is -2.34. The van der Waals surface area contributed by atoms with Gasteiger partial charge in [0.1, 0.15) is 6.10 Å². The summed E-state index contributed by atoms with van der Waals surface area (Å²) in [6, 6.07) is 11.3. The molecule has 6 heteroatoms. The highest BCUT2D eigenvalue weighted by molar-refractivity contribution is 5.80. The van der Waals surface area contributed by atoms with Gasteiger partial charge in [0.15, 0.2) is 5.96 Å². The summed E-state index contributed by atoms with van der Waals surface area (Å²) in [4.78, 5) is 6.83. The van der Waals surface area contributed by atoms with E-state index in [0.29, 0.717) is 18.6 Å². The van der Waals surface area contributed by atoms with E-state index in [1.54, 1.807) is 0 Å². The first kappa shape index (κ1) is 17.1. The molecule has 4 rings (SSSR count). The van der Waals surface area contributed by atoms with Gasteiger partial charge in [0.25, 0.3) is 0 Å². The third-order valence-corrected chi connectivity index (χ3v) is 5.25. The molecule has 1 saturated carbocycles. The Morgan fingerprint density at radius 1 is 1.35 bits per heavy atom. The average molecular weight is 353 g/mol. The first-order valence-electron chi connectivity index (χ1n) is 9.35. The Labute approximate surface area is 154 Å². The smallest absolute Gasteiger partial charge is 0.194 e. The van der Waals surface area contributed by atoms with Gasteiger partial charge in [0, 0.05) is 38.4 Å². The topological polar surface area (TPSA) is 54.7 Å². The number of aliphatic imine (C=N–C) groups is 1. The van der Waals surface area contributed by atoms with E-state index >= 15 is 0 Å². The number of ether oxygens (including phenoxy) is 1. The fourth-order valence-electron chi connectivity index (χ4n) is 3.68. The van der Waals surface area contributed by atoms with E-state index in [2.05, 4.69) is 50.6 Å². The summed E-state index contributed by atoms with van der Waals surface area (Å²) >= 11 is 0. The van der Waals surface area contributed by atoms with Crippen molar-refractivity contribution in [1.82, 2.24) is 20.0 Å². The number of nitrogens with one attached hydrogen (secondary N) is 1.